The van der Waals surface area contributed by atoms with Gasteiger partial charge < -0.3 is 4.57 Å². The molecule has 1 aromatic carbocycles. The minimum absolute atomic E-state index is 0.388. The monoisotopic (exact) mass is 272 g/mol. The minimum Gasteiger partial charge on any atom is -0.321 e. The second-order valence-electron chi connectivity index (χ2n) is 4.44. The maximum absolute atomic E-state index is 5.99. The van der Waals surface area contributed by atoms with Crippen molar-refractivity contribution in [2.45, 2.75) is 19.3 Å². The van der Waals surface area contributed by atoms with E-state index in [0.29, 0.717) is 12.4 Å². The molecule has 5 heteroatoms. The van der Waals surface area contributed by atoms with Crippen LogP contribution in [0.1, 0.15) is 17.1 Å². The van der Waals surface area contributed by atoms with Crippen LogP contribution in [0.2, 0.25) is 0 Å². The van der Waals surface area contributed by atoms with Crippen LogP contribution in [0.15, 0.2) is 36.8 Å². The fourth-order valence-corrected chi connectivity index (χ4v) is 2.34. The van der Waals surface area contributed by atoms with E-state index in [1.165, 1.54) is 5.56 Å². The highest BCUT2D eigenvalue weighted by Crippen LogP contribution is 2.20. The van der Waals surface area contributed by atoms with E-state index >= 15 is 0 Å². The molecule has 3 aromatic rings. The molecule has 4 nitrogen and oxygen atoms in total. The lowest BCUT2D eigenvalue weighted by Crippen LogP contribution is -2.05. The average molecular weight is 273 g/mol. The number of benzene rings is 1. The third kappa shape index (κ3) is 2.31. The Kier molecular flexibility index (Phi) is 3.17. The van der Waals surface area contributed by atoms with Crippen molar-refractivity contribution >= 4 is 22.6 Å². The third-order valence-corrected chi connectivity index (χ3v) is 3.30. The van der Waals surface area contributed by atoms with Gasteiger partial charge in [-0.1, -0.05) is 6.07 Å². The fraction of sp³-hybridized carbons (Fsp3) is 0.214. The van der Waals surface area contributed by atoms with Gasteiger partial charge in [-0.25, -0.2) is 15.0 Å². The van der Waals surface area contributed by atoms with E-state index in [-0.39, 0.29) is 0 Å². The normalized spacial score (nSPS) is 11.1. The second kappa shape index (κ2) is 4.97. The van der Waals surface area contributed by atoms with Gasteiger partial charge in [0.15, 0.2) is 0 Å². The van der Waals surface area contributed by atoms with Crippen LogP contribution in [0.25, 0.3) is 11.0 Å². The molecule has 0 bridgehead atoms. The summed E-state index contributed by atoms with van der Waals surface area (Å²) in [6.07, 6.45) is 3.30. The molecular formula is C14H13ClN4. The highest BCUT2D eigenvalue weighted by Gasteiger charge is 2.10. The van der Waals surface area contributed by atoms with Crippen molar-refractivity contribution in [1.29, 1.82) is 0 Å². The van der Waals surface area contributed by atoms with Crippen LogP contribution >= 0.6 is 11.6 Å². The molecule has 0 spiro atoms. The first-order valence-corrected chi connectivity index (χ1v) is 6.58. The summed E-state index contributed by atoms with van der Waals surface area (Å²) < 4.78 is 2.11. The Morgan fingerprint density at radius 1 is 1.26 bits per heavy atom. The van der Waals surface area contributed by atoms with Crippen molar-refractivity contribution in [3.8, 4) is 0 Å². The zero-order valence-electron chi connectivity index (χ0n) is 10.5. The van der Waals surface area contributed by atoms with Gasteiger partial charge in [0, 0.05) is 6.20 Å². The summed E-state index contributed by atoms with van der Waals surface area (Å²) in [5.74, 6) is 1.25. The third-order valence-electron chi connectivity index (χ3n) is 3.07. The van der Waals surface area contributed by atoms with Gasteiger partial charge in [0.25, 0.3) is 0 Å². The number of aryl methyl sites for hydroxylation is 1. The zero-order chi connectivity index (χ0) is 13.2. The van der Waals surface area contributed by atoms with E-state index < -0.39 is 0 Å². The summed E-state index contributed by atoms with van der Waals surface area (Å²) >= 11 is 5.99. The first kappa shape index (κ1) is 12.1. The van der Waals surface area contributed by atoms with Crippen LogP contribution in [-0.2, 0) is 12.4 Å². The van der Waals surface area contributed by atoms with Gasteiger partial charge in [-0.15, -0.1) is 11.6 Å². The molecule has 96 valence electrons. The second-order valence-corrected chi connectivity index (χ2v) is 4.71. The number of hydrogen-bond acceptors (Lipinski definition) is 3. The Morgan fingerprint density at radius 2 is 2.16 bits per heavy atom. The van der Waals surface area contributed by atoms with Gasteiger partial charge in [-0.2, -0.15) is 0 Å². The first-order valence-electron chi connectivity index (χ1n) is 6.04. The lowest BCUT2D eigenvalue weighted by atomic mass is 10.2. The molecule has 0 saturated heterocycles. The van der Waals surface area contributed by atoms with Crippen LogP contribution in [0.5, 0.6) is 0 Å². The Bertz CT molecular complexity index is 706. The quantitative estimate of drug-likeness (QED) is 0.689. The summed E-state index contributed by atoms with van der Waals surface area (Å²) in [5.41, 5.74) is 4.21. The maximum Gasteiger partial charge on any atom is 0.125 e. The Labute approximate surface area is 116 Å². The molecule has 0 N–H and O–H groups in total. The predicted octanol–water partition coefficient (Wildman–Crippen LogP) is 2.92. The first-order chi connectivity index (χ1) is 9.28. The fourth-order valence-electron chi connectivity index (χ4n) is 2.13. The van der Waals surface area contributed by atoms with Gasteiger partial charge >= 0.3 is 0 Å². The molecule has 0 unspecified atom stereocenters. The lowest BCUT2D eigenvalue weighted by molar-refractivity contribution is 0.754. The molecule has 2 heterocycles. The average Bonchev–Trinajstić information content (AvgIpc) is 2.78. The van der Waals surface area contributed by atoms with Crippen LogP contribution in [0.4, 0.5) is 0 Å². The van der Waals surface area contributed by atoms with E-state index in [1.807, 2.05) is 12.1 Å². The lowest BCUT2D eigenvalue weighted by Gasteiger charge is -2.07. The maximum atomic E-state index is 5.99. The van der Waals surface area contributed by atoms with Crippen molar-refractivity contribution < 1.29 is 0 Å². The van der Waals surface area contributed by atoms with E-state index in [4.69, 9.17) is 11.6 Å². The Morgan fingerprint density at radius 3 is 2.89 bits per heavy atom. The highest BCUT2D eigenvalue weighted by molar-refractivity contribution is 6.16. The van der Waals surface area contributed by atoms with Gasteiger partial charge in [0.05, 0.1) is 29.2 Å². The highest BCUT2D eigenvalue weighted by atomic mass is 35.5. The Balaban J connectivity index is 2.12. The van der Waals surface area contributed by atoms with Crippen LogP contribution in [0.3, 0.4) is 0 Å². The van der Waals surface area contributed by atoms with E-state index in [0.717, 1.165) is 22.6 Å². The summed E-state index contributed by atoms with van der Waals surface area (Å²) in [6, 6.07) is 8.11. The summed E-state index contributed by atoms with van der Waals surface area (Å²) in [7, 11) is 0. The molecule has 0 fully saturated rings. The van der Waals surface area contributed by atoms with Crippen molar-refractivity contribution in [1.82, 2.24) is 19.5 Å². The molecule has 0 aliphatic carbocycles. The number of alkyl halides is 1. The summed E-state index contributed by atoms with van der Waals surface area (Å²) in [4.78, 5) is 12.7. The molecule has 0 aliphatic heterocycles. The minimum atomic E-state index is 0.388. The van der Waals surface area contributed by atoms with Gasteiger partial charge in [0.1, 0.15) is 12.2 Å². The van der Waals surface area contributed by atoms with Gasteiger partial charge in [-0.05, 0) is 30.7 Å². The van der Waals surface area contributed by atoms with Crippen molar-refractivity contribution in [2.24, 2.45) is 0 Å². The standard InChI is InChI=1S/C14H13ClN4/c1-10-2-3-12-13(6-10)19(14(7-15)18-12)8-11-4-5-16-9-17-11/h2-6,9H,7-8H2,1H3. The van der Waals surface area contributed by atoms with Crippen molar-refractivity contribution in [2.75, 3.05) is 0 Å². The van der Waals surface area contributed by atoms with Gasteiger partial charge in [-0.3, -0.25) is 0 Å². The number of aromatic nitrogens is 4. The number of nitrogens with zero attached hydrogens (tertiary/aromatic N) is 4. The number of fused-ring (bicyclic) bond motifs is 1. The van der Waals surface area contributed by atoms with E-state index in [2.05, 4.69) is 38.6 Å². The molecule has 19 heavy (non-hydrogen) atoms. The van der Waals surface area contributed by atoms with E-state index in [9.17, 15) is 0 Å². The molecule has 0 saturated carbocycles. The predicted molar refractivity (Wildman–Crippen MR) is 75.2 cm³/mol. The van der Waals surface area contributed by atoms with Gasteiger partial charge in [0.2, 0.25) is 0 Å². The zero-order valence-corrected chi connectivity index (χ0v) is 11.3. The SMILES string of the molecule is Cc1ccc2nc(CCl)n(Cc3ccncn3)c2c1. The van der Waals surface area contributed by atoms with Crippen LogP contribution < -0.4 is 0 Å². The summed E-state index contributed by atoms with van der Waals surface area (Å²) in [6.45, 7) is 2.73. The van der Waals surface area contributed by atoms with Crippen LogP contribution in [0, 0.1) is 6.92 Å². The van der Waals surface area contributed by atoms with Crippen molar-refractivity contribution in [3.63, 3.8) is 0 Å². The molecule has 0 atom stereocenters. The van der Waals surface area contributed by atoms with Crippen LogP contribution in [-0.4, -0.2) is 19.5 Å². The Hall–Kier alpha value is -1.94. The van der Waals surface area contributed by atoms with Crippen molar-refractivity contribution in [3.05, 3.63) is 53.9 Å². The molecule has 3 rings (SSSR count). The number of hydrogen-bond donors (Lipinski definition) is 0. The topological polar surface area (TPSA) is 43.6 Å². The molecular weight excluding hydrogens is 260 g/mol. The number of rotatable bonds is 3. The smallest absolute Gasteiger partial charge is 0.125 e. The largest absolute Gasteiger partial charge is 0.321 e. The molecule has 0 amide bonds. The van der Waals surface area contributed by atoms with E-state index in [1.54, 1.807) is 12.5 Å². The molecule has 0 aliphatic rings. The number of imidazole rings is 1. The number of halogens is 1. The summed E-state index contributed by atoms with van der Waals surface area (Å²) in [5, 5.41) is 0. The molecule has 2 aromatic heterocycles. The molecule has 0 radical (unpaired) electrons.